The Morgan fingerprint density at radius 1 is 1.23 bits per heavy atom. The Bertz CT molecular complexity index is 1130. The highest BCUT2D eigenvalue weighted by molar-refractivity contribution is 7.80. The molecule has 1 aliphatic rings. The molecule has 12 heteroatoms. The zero-order valence-electron chi connectivity index (χ0n) is 24.0. The Morgan fingerprint density at radius 2 is 1.75 bits per heavy atom. The molecule has 1 saturated carbocycles. The summed E-state index contributed by atoms with van der Waals surface area (Å²) in [7, 11) is 0.917. The van der Waals surface area contributed by atoms with Gasteiger partial charge in [-0.15, -0.1) is 0 Å². The van der Waals surface area contributed by atoms with Crippen LogP contribution in [0, 0.1) is 28.3 Å². The lowest BCUT2D eigenvalue weighted by Gasteiger charge is -2.23. The number of carbonyl (C=O) groups excluding carboxylic acids is 2. The van der Waals surface area contributed by atoms with Crippen LogP contribution in [0.5, 0.6) is 0 Å². The van der Waals surface area contributed by atoms with Gasteiger partial charge in [-0.1, -0.05) is 51.1 Å². The van der Waals surface area contributed by atoms with E-state index in [9.17, 15) is 37.3 Å². The number of thiocarbonyl (C=S) groups is 1. The first-order valence-electron chi connectivity index (χ1n) is 12.7. The van der Waals surface area contributed by atoms with Crippen LogP contribution in [0.3, 0.4) is 0 Å². The van der Waals surface area contributed by atoms with Crippen LogP contribution in [0.2, 0.25) is 0 Å². The topological polar surface area (TPSA) is 89.8 Å². The fourth-order valence-electron chi connectivity index (χ4n) is 3.78. The maximum Gasteiger partial charge on any atom is 0.431 e. The summed E-state index contributed by atoms with van der Waals surface area (Å²) in [6, 6.07) is 1.72. The third-order valence-electron chi connectivity index (χ3n) is 5.92. The highest BCUT2D eigenvalue weighted by Crippen LogP contribution is 2.38. The second kappa shape index (κ2) is 16.2. The largest absolute Gasteiger partial charge is 0.460 e. The molecule has 1 aromatic rings. The summed E-state index contributed by atoms with van der Waals surface area (Å²) in [5, 5.41) is 10.7. The average molecular weight is 591 g/mol. The van der Waals surface area contributed by atoms with E-state index in [1.165, 1.54) is 13.8 Å². The van der Waals surface area contributed by atoms with E-state index >= 15 is 0 Å². The number of likely N-dealkylation sites (N-methyl/N-ethyl adjacent to an activating group) is 1. The summed E-state index contributed by atoms with van der Waals surface area (Å²) in [6.45, 7) is 14.1. The number of hydrogen-bond donors (Lipinski definition) is 0. The molecule has 0 aliphatic heterocycles. The van der Waals surface area contributed by atoms with Crippen LogP contribution in [-0.4, -0.2) is 46.4 Å². The average Bonchev–Trinajstić information content (AvgIpc) is 3.31. The minimum atomic E-state index is -4.80. The molecular weight excluding hydrogens is 552 g/mol. The van der Waals surface area contributed by atoms with Gasteiger partial charge in [-0.05, 0) is 58.2 Å². The number of halogens is 4. The predicted molar refractivity (Wildman–Crippen MR) is 150 cm³/mol. The van der Waals surface area contributed by atoms with E-state index in [0.29, 0.717) is 23.6 Å². The number of aryl methyl sites for hydroxylation is 1. The van der Waals surface area contributed by atoms with E-state index in [2.05, 4.69) is 6.58 Å². The zero-order chi connectivity index (χ0) is 31.4. The molecule has 7 nitrogen and oxygen atoms in total. The van der Waals surface area contributed by atoms with Crippen molar-refractivity contribution in [3.63, 3.8) is 0 Å². The molecule has 0 unspecified atom stereocenters. The summed E-state index contributed by atoms with van der Waals surface area (Å²) >= 11 is 4.85. The normalized spacial score (nSPS) is 14.1. The molecule has 2 rings (SSSR count). The summed E-state index contributed by atoms with van der Waals surface area (Å²) < 4.78 is 58.2. The number of amides is 1. The van der Waals surface area contributed by atoms with Gasteiger partial charge in [0.2, 0.25) is 5.91 Å². The summed E-state index contributed by atoms with van der Waals surface area (Å²) in [6.07, 6.45) is -0.567. The van der Waals surface area contributed by atoms with Gasteiger partial charge < -0.3 is 9.64 Å². The Kier molecular flexibility index (Phi) is 14.9. The summed E-state index contributed by atoms with van der Waals surface area (Å²) in [5.74, 6) is -2.12. The number of ether oxygens (including phenoxy) is 1. The Morgan fingerprint density at radius 3 is 2.17 bits per heavy atom. The Balaban J connectivity index is 0.000000848. The molecule has 0 radical (unpaired) electrons. The van der Waals surface area contributed by atoms with Crippen molar-refractivity contribution < 1.29 is 36.8 Å². The quantitative estimate of drug-likeness (QED) is 0.0774. The number of nitro groups is 1. The molecule has 0 atom stereocenters. The van der Waals surface area contributed by atoms with Crippen molar-refractivity contribution in [2.45, 2.75) is 79.8 Å². The van der Waals surface area contributed by atoms with Crippen molar-refractivity contribution >= 4 is 34.6 Å². The number of allylic oxidation sites excluding steroid dienone is 3. The molecular formula is C28H38F4N2O5S. The highest BCUT2D eigenvalue weighted by atomic mass is 32.1. The molecule has 0 N–H and O–H groups in total. The zero-order valence-corrected chi connectivity index (χ0v) is 24.9. The second-order valence-electron chi connectivity index (χ2n) is 9.54. The fraction of sp³-hybridized carbons (Fsp3) is 0.536. The number of nitrogens with zero attached hydrogens (tertiary/aromatic N) is 2. The van der Waals surface area contributed by atoms with Gasteiger partial charge in [0.1, 0.15) is 18.1 Å². The van der Waals surface area contributed by atoms with Gasteiger partial charge in [0.15, 0.2) is 0 Å². The number of nitro benzene ring substituents is 1. The molecule has 40 heavy (non-hydrogen) atoms. The monoisotopic (exact) mass is 590 g/mol. The maximum atomic E-state index is 13.9. The third-order valence-corrected chi connectivity index (χ3v) is 6.04. The molecule has 1 aliphatic carbocycles. The minimum absolute atomic E-state index is 0.0748. The number of esters is 1. The van der Waals surface area contributed by atoms with Gasteiger partial charge in [0, 0.05) is 17.5 Å². The summed E-state index contributed by atoms with van der Waals surface area (Å²) in [4.78, 5) is 34.8. The van der Waals surface area contributed by atoms with E-state index in [-0.39, 0.29) is 28.1 Å². The summed E-state index contributed by atoms with van der Waals surface area (Å²) in [5.41, 5.74) is -1.97. The van der Waals surface area contributed by atoms with E-state index < -0.39 is 40.6 Å². The number of rotatable bonds is 8. The van der Waals surface area contributed by atoms with Gasteiger partial charge in [-0.25, -0.2) is 4.39 Å². The van der Waals surface area contributed by atoms with Crippen LogP contribution in [0.25, 0.3) is 0 Å². The van der Waals surface area contributed by atoms with Crippen molar-refractivity contribution in [2.24, 2.45) is 5.41 Å². The van der Waals surface area contributed by atoms with Crippen LogP contribution < -0.4 is 0 Å². The van der Waals surface area contributed by atoms with E-state index in [0.717, 1.165) is 43.7 Å². The van der Waals surface area contributed by atoms with Crippen LogP contribution in [0.15, 0.2) is 36.1 Å². The van der Waals surface area contributed by atoms with Crippen molar-refractivity contribution in [2.75, 3.05) is 13.7 Å². The molecule has 1 aromatic carbocycles. The van der Waals surface area contributed by atoms with Crippen molar-refractivity contribution in [1.82, 2.24) is 4.90 Å². The van der Waals surface area contributed by atoms with Crippen LogP contribution in [0.1, 0.15) is 71.4 Å². The van der Waals surface area contributed by atoms with E-state index in [4.69, 9.17) is 17.0 Å². The molecule has 1 fully saturated rings. The molecule has 0 spiro atoms. The number of alkyl halides is 3. The molecule has 224 valence electrons. The lowest BCUT2D eigenvalue weighted by molar-refractivity contribution is -0.385. The Labute approximate surface area is 238 Å². The smallest absolute Gasteiger partial charge is 0.431 e. The molecule has 0 saturated heterocycles. The lowest BCUT2D eigenvalue weighted by atomic mass is 9.89. The van der Waals surface area contributed by atoms with Gasteiger partial charge in [-0.3, -0.25) is 19.7 Å². The maximum absolute atomic E-state index is 13.9. The molecule has 0 heterocycles. The molecule has 0 aromatic heterocycles. The number of carbonyl (C=O) groups is 2. The van der Waals surface area contributed by atoms with Crippen molar-refractivity contribution in [3.05, 3.63) is 63.1 Å². The molecule has 0 bridgehead atoms. The first-order chi connectivity index (χ1) is 18.4. The standard InChI is InChI=1S/C16H16F4N2O3.C10H16O2S.C2H6/c1-9(2)5-14(16(18,19)20)21(4)15(23)7-11-6-10(3)13(22(24)25)8-12(11)17;1-8(13)7-12-9(11)10(2)5-3-4-6-10;1-2/h5-6,8H,1,7H2,2-4H3;3-7H2,1-2H3;1-2H3/b14-5-;;. The van der Waals surface area contributed by atoms with E-state index in [1.54, 1.807) is 6.92 Å². The third kappa shape index (κ3) is 11.5. The minimum Gasteiger partial charge on any atom is -0.460 e. The van der Waals surface area contributed by atoms with Crippen molar-refractivity contribution in [1.29, 1.82) is 0 Å². The highest BCUT2D eigenvalue weighted by Gasteiger charge is 2.39. The number of benzene rings is 1. The predicted octanol–water partition coefficient (Wildman–Crippen LogP) is 7.59. The fourth-order valence-corrected chi connectivity index (χ4v) is 3.84. The van der Waals surface area contributed by atoms with Gasteiger partial charge in [0.25, 0.3) is 5.69 Å². The van der Waals surface area contributed by atoms with Crippen LogP contribution in [-0.2, 0) is 20.7 Å². The second-order valence-corrected chi connectivity index (χ2v) is 10.2. The Hall–Kier alpha value is -3.15. The van der Waals surface area contributed by atoms with Gasteiger partial charge >= 0.3 is 12.1 Å². The van der Waals surface area contributed by atoms with Crippen LogP contribution >= 0.6 is 12.2 Å². The van der Waals surface area contributed by atoms with E-state index in [1.807, 2.05) is 20.8 Å². The number of hydrogen-bond acceptors (Lipinski definition) is 6. The lowest BCUT2D eigenvalue weighted by Crippen LogP contribution is -2.35. The van der Waals surface area contributed by atoms with Gasteiger partial charge in [0.05, 0.1) is 22.8 Å². The van der Waals surface area contributed by atoms with Crippen molar-refractivity contribution in [3.8, 4) is 0 Å². The van der Waals surface area contributed by atoms with Gasteiger partial charge in [-0.2, -0.15) is 13.2 Å². The SMILES string of the molecule is C=C(C)/C=C(\N(C)C(=O)Cc1cc(C)c([N+](=O)[O-])cc1F)C(F)(F)F.CC.CC(=S)COC(=O)C1(C)CCCC1. The first-order valence-corrected chi connectivity index (χ1v) is 13.1. The first kappa shape index (κ1) is 36.8. The van der Waals surface area contributed by atoms with Crippen LogP contribution in [0.4, 0.5) is 23.2 Å². The molecule has 1 amide bonds.